The molecule has 0 aliphatic carbocycles. The van der Waals surface area contributed by atoms with Crippen molar-refractivity contribution in [3.05, 3.63) is 53.1 Å². The van der Waals surface area contributed by atoms with Crippen molar-refractivity contribution in [3.8, 4) is 0 Å². The molecule has 26 heavy (non-hydrogen) atoms. The van der Waals surface area contributed by atoms with Gasteiger partial charge in [-0.3, -0.25) is 9.10 Å². The number of ether oxygens (including phenoxy) is 1. The fourth-order valence-electron chi connectivity index (χ4n) is 2.19. The molecule has 0 aliphatic heterocycles. The first-order valence-electron chi connectivity index (χ1n) is 7.41. The molecule has 0 heterocycles. The first-order chi connectivity index (χ1) is 12.2. The quantitative estimate of drug-likeness (QED) is 0.784. The lowest BCUT2D eigenvalue weighted by atomic mass is 10.2. The third-order valence-corrected chi connectivity index (χ3v) is 5.68. The van der Waals surface area contributed by atoms with E-state index in [1.165, 1.54) is 63.5 Å². The van der Waals surface area contributed by atoms with Crippen molar-refractivity contribution in [2.24, 2.45) is 0 Å². The summed E-state index contributed by atoms with van der Waals surface area (Å²) in [5.74, 6) is -0.920. The minimum atomic E-state index is -3.87. The molecule has 0 atom stereocenters. The number of halogens is 1. The average Bonchev–Trinajstić information content (AvgIpc) is 2.60. The Hall–Kier alpha value is -2.58. The molecule has 7 nitrogen and oxygen atoms in total. The van der Waals surface area contributed by atoms with Crippen LogP contribution in [-0.2, 0) is 19.6 Å². The van der Waals surface area contributed by atoms with E-state index in [0.29, 0.717) is 5.69 Å². The molecule has 0 unspecified atom stereocenters. The summed E-state index contributed by atoms with van der Waals surface area (Å²) < 4.78 is 31.3. The molecule has 0 spiro atoms. The van der Waals surface area contributed by atoms with Gasteiger partial charge in [0.25, 0.3) is 10.0 Å². The lowest BCUT2D eigenvalue weighted by Gasteiger charge is -2.20. The second-order valence-electron chi connectivity index (χ2n) is 5.33. The van der Waals surface area contributed by atoms with Crippen LogP contribution in [0.15, 0.2) is 47.4 Å². The van der Waals surface area contributed by atoms with E-state index in [1.54, 1.807) is 0 Å². The van der Waals surface area contributed by atoms with Gasteiger partial charge in [0, 0.05) is 19.7 Å². The summed E-state index contributed by atoms with van der Waals surface area (Å²) in [6.07, 6.45) is 0. The molecule has 2 aromatic carbocycles. The van der Waals surface area contributed by atoms with Crippen LogP contribution in [0.25, 0.3) is 0 Å². The van der Waals surface area contributed by atoms with Crippen LogP contribution in [0.4, 0.5) is 11.4 Å². The normalized spacial score (nSPS) is 10.9. The Kier molecular flexibility index (Phi) is 5.89. The summed E-state index contributed by atoms with van der Waals surface area (Å²) in [6.45, 7) is 1.36. The Balaban J connectivity index is 2.37. The van der Waals surface area contributed by atoms with Gasteiger partial charge in [-0.15, -0.1) is 0 Å². The van der Waals surface area contributed by atoms with Crippen LogP contribution >= 0.6 is 11.6 Å². The van der Waals surface area contributed by atoms with Gasteiger partial charge in [-0.05, 0) is 42.5 Å². The number of methoxy groups -OCH3 is 1. The van der Waals surface area contributed by atoms with Crippen molar-refractivity contribution < 1.29 is 22.7 Å². The van der Waals surface area contributed by atoms with Gasteiger partial charge >= 0.3 is 5.97 Å². The van der Waals surface area contributed by atoms with Gasteiger partial charge in [0.1, 0.15) is 0 Å². The fourth-order valence-corrected chi connectivity index (χ4v) is 3.57. The van der Waals surface area contributed by atoms with E-state index in [2.05, 4.69) is 10.1 Å². The third kappa shape index (κ3) is 4.14. The maximum absolute atomic E-state index is 12.8. The summed E-state index contributed by atoms with van der Waals surface area (Å²) in [7, 11) is -1.30. The highest BCUT2D eigenvalue weighted by Crippen LogP contribution is 2.27. The Morgan fingerprint density at radius 3 is 2.27 bits per heavy atom. The van der Waals surface area contributed by atoms with Gasteiger partial charge < -0.3 is 10.1 Å². The average molecular weight is 397 g/mol. The number of nitrogens with one attached hydrogen (secondary N) is 1. The molecule has 0 bridgehead atoms. The number of hydrogen-bond donors (Lipinski definition) is 1. The Morgan fingerprint density at radius 1 is 1.12 bits per heavy atom. The molecule has 0 fully saturated rings. The second kappa shape index (κ2) is 7.76. The van der Waals surface area contributed by atoms with Crippen LogP contribution < -0.4 is 9.62 Å². The van der Waals surface area contributed by atoms with Crippen molar-refractivity contribution >= 4 is 44.9 Å². The van der Waals surface area contributed by atoms with E-state index < -0.39 is 16.0 Å². The molecule has 0 aliphatic rings. The monoisotopic (exact) mass is 396 g/mol. The number of hydrogen-bond acceptors (Lipinski definition) is 5. The van der Waals surface area contributed by atoms with Crippen LogP contribution in [0.2, 0.25) is 5.02 Å². The molecule has 2 rings (SSSR count). The van der Waals surface area contributed by atoms with E-state index in [0.717, 1.165) is 4.31 Å². The number of carbonyl (C=O) groups is 2. The fraction of sp³-hybridized carbons (Fsp3) is 0.176. The zero-order chi connectivity index (χ0) is 19.5. The Morgan fingerprint density at radius 2 is 1.73 bits per heavy atom. The molecule has 0 saturated carbocycles. The zero-order valence-corrected chi connectivity index (χ0v) is 15.9. The minimum Gasteiger partial charge on any atom is -0.465 e. The van der Waals surface area contributed by atoms with Gasteiger partial charge in [0.2, 0.25) is 5.91 Å². The van der Waals surface area contributed by atoms with Crippen molar-refractivity contribution in [3.63, 3.8) is 0 Å². The molecule has 9 heteroatoms. The molecule has 1 N–H and O–H groups in total. The molecular formula is C17H17ClN2O5S. The highest BCUT2D eigenvalue weighted by Gasteiger charge is 2.23. The molecule has 0 radical (unpaired) electrons. The molecule has 0 saturated heterocycles. The van der Waals surface area contributed by atoms with Gasteiger partial charge in [-0.1, -0.05) is 11.6 Å². The molecule has 138 valence electrons. The number of nitrogens with zero attached hydrogens (tertiary/aromatic N) is 1. The maximum atomic E-state index is 12.8. The van der Waals surface area contributed by atoms with E-state index in [-0.39, 0.29) is 27.1 Å². The maximum Gasteiger partial charge on any atom is 0.339 e. The van der Waals surface area contributed by atoms with Gasteiger partial charge in [-0.2, -0.15) is 0 Å². The Bertz CT molecular complexity index is 942. The predicted octanol–water partition coefficient (Wildman–Crippen LogP) is 2.91. The predicted molar refractivity (Wildman–Crippen MR) is 99.1 cm³/mol. The van der Waals surface area contributed by atoms with Crippen molar-refractivity contribution in [2.45, 2.75) is 11.8 Å². The van der Waals surface area contributed by atoms with E-state index in [1.807, 2.05) is 0 Å². The number of amides is 1. The highest BCUT2D eigenvalue weighted by molar-refractivity contribution is 7.92. The largest absolute Gasteiger partial charge is 0.465 e. The first kappa shape index (κ1) is 19.7. The van der Waals surface area contributed by atoms with Gasteiger partial charge in [0.05, 0.1) is 28.3 Å². The molecule has 1 amide bonds. The minimum absolute atomic E-state index is 0.0312. The summed E-state index contributed by atoms with van der Waals surface area (Å²) >= 11 is 5.96. The molecule has 0 aromatic heterocycles. The molecular weight excluding hydrogens is 380 g/mol. The molecule has 2 aromatic rings. The summed E-state index contributed by atoms with van der Waals surface area (Å²) in [5, 5.41) is 2.72. The Labute approximate surface area is 156 Å². The van der Waals surface area contributed by atoms with E-state index >= 15 is 0 Å². The highest BCUT2D eigenvalue weighted by atomic mass is 35.5. The number of carbonyl (C=O) groups excluding carboxylic acids is 2. The van der Waals surface area contributed by atoms with Crippen molar-refractivity contribution in [1.29, 1.82) is 0 Å². The topological polar surface area (TPSA) is 92.8 Å². The lowest BCUT2D eigenvalue weighted by Crippen LogP contribution is -2.26. The summed E-state index contributed by atoms with van der Waals surface area (Å²) in [4.78, 5) is 22.8. The smallest absolute Gasteiger partial charge is 0.339 e. The van der Waals surface area contributed by atoms with Gasteiger partial charge in [0.15, 0.2) is 0 Å². The van der Waals surface area contributed by atoms with Gasteiger partial charge in [-0.25, -0.2) is 13.2 Å². The number of anilines is 2. The summed E-state index contributed by atoms with van der Waals surface area (Å²) in [6, 6.07) is 10.0. The SMILES string of the molecule is COC(=O)c1cc(N(C)S(=O)(=O)c2ccc(NC(C)=O)cc2)ccc1Cl. The number of esters is 1. The first-order valence-corrected chi connectivity index (χ1v) is 9.23. The standard InChI is InChI=1S/C17H17ClN2O5S/c1-11(21)19-12-4-7-14(8-5-12)26(23,24)20(2)13-6-9-16(18)15(10-13)17(22)25-3/h4-10H,1-3H3,(H,19,21). The number of benzene rings is 2. The van der Waals surface area contributed by atoms with Crippen molar-refractivity contribution in [2.75, 3.05) is 23.8 Å². The van der Waals surface area contributed by atoms with E-state index in [9.17, 15) is 18.0 Å². The van der Waals surface area contributed by atoms with Crippen LogP contribution in [-0.4, -0.2) is 34.5 Å². The number of sulfonamides is 1. The van der Waals surface area contributed by atoms with E-state index in [4.69, 9.17) is 11.6 Å². The van der Waals surface area contributed by atoms with Crippen LogP contribution in [0.1, 0.15) is 17.3 Å². The summed E-state index contributed by atoms with van der Waals surface area (Å²) in [5.41, 5.74) is 0.800. The van der Waals surface area contributed by atoms with Crippen LogP contribution in [0.3, 0.4) is 0 Å². The third-order valence-electron chi connectivity index (χ3n) is 3.55. The van der Waals surface area contributed by atoms with Crippen molar-refractivity contribution in [1.82, 2.24) is 0 Å². The lowest BCUT2D eigenvalue weighted by molar-refractivity contribution is -0.114. The second-order valence-corrected chi connectivity index (χ2v) is 7.71. The number of rotatable bonds is 5. The zero-order valence-electron chi connectivity index (χ0n) is 14.3. The van der Waals surface area contributed by atoms with Crippen LogP contribution in [0, 0.1) is 0 Å². The van der Waals surface area contributed by atoms with Crippen LogP contribution in [0.5, 0.6) is 0 Å².